The van der Waals surface area contributed by atoms with E-state index in [2.05, 4.69) is 29.6 Å². The molecule has 2 aromatic rings. The monoisotopic (exact) mass is 352 g/mol. The fourth-order valence-electron chi connectivity index (χ4n) is 3.76. The Balaban J connectivity index is 1.62. The third-order valence-electron chi connectivity index (χ3n) is 5.32. The Kier molecular flexibility index (Phi) is 5.60. The lowest BCUT2D eigenvalue weighted by Crippen LogP contribution is -2.44. The maximum absolute atomic E-state index is 12.7. The van der Waals surface area contributed by atoms with Crippen LogP contribution < -0.4 is 5.32 Å². The number of carbonyl (C=O) groups is 2. The van der Waals surface area contributed by atoms with Crippen molar-refractivity contribution in [3.63, 3.8) is 0 Å². The second-order valence-electron chi connectivity index (χ2n) is 7.55. The van der Waals surface area contributed by atoms with Crippen LogP contribution in [0.2, 0.25) is 0 Å². The number of likely N-dealkylation sites (tertiary alicyclic amines) is 1. The molecule has 138 valence electrons. The van der Waals surface area contributed by atoms with E-state index in [1.54, 1.807) is 0 Å². The molecular formula is C22H28N2O2. The summed E-state index contributed by atoms with van der Waals surface area (Å²) < 4.78 is 0. The van der Waals surface area contributed by atoms with Gasteiger partial charge in [-0.05, 0) is 36.1 Å². The van der Waals surface area contributed by atoms with Crippen LogP contribution in [0.15, 0.2) is 42.5 Å². The van der Waals surface area contributed by atoms with Crippen molar-refractivity contribution in [2.24, 2.45) is 11.8 Å². The summed E-state index contributed by atoms with van der Waals surface area (Å²) in [4.78, 5) is 26.7. The quantitative estimate of drug-likeness (QED) is 0.907. The highest BCUT2D eigenvalue weighted by Gasteiger charge is 2.29. The number of hydrogen-bond donors (Lipinski definition) is 1. The molecule has 0 radical (unpaired) electrons. The number of amides is 2. The van der Waals surface area contributed by atoms with Crippen LogP contribution >= 0.6 is 0 Å². The topological polar surface area (TPSA) is 49.4 Å². The second-order valence-corrected chi connectivity index (χ2v) is 7.55. The molecule has 2 aromatic carbocycles. The van der Waals surface area contributed by atoms with Crippen LogP contribution in [0, 0.1) is 11.8 Å². The molecule has 1 fully saturated rings. The molecule has 1 aliphatic rings. The summed E-state index contributed by atoms with van der Waals surface area (Å²) in [6, 6.07) is 14.4. The molecule has 1 unspecified atom stereocenters. The highest BCUT2D eigenvalue weighted by Crippen LogP contribution is 2.25. The lowest BCUT2D eigenvalue weighted by Gasteiger charge is -2.33. The first kappa shape index (κ1) is 18.4. The van der Waals surface area contributed by atoms with Crippen molar-refractivity contribution < 1.29 is 9.59 Å². The van der Waals surface area contributed by atoms with Gasteiger partial charge >= 0.3 is 0 Å². The summed E-state index contributed by atoms with van der Waals surface area (Å²) >= 11 is 0. The summed E-state index contributed by atoms with van der Waals surface area (Å²) in [5.74, 6) is 0.297. The highest BCUT2D eigenvalue weighted by atomic mass is 16.2. The summed E-state index contributed by atoms with van der Waals surface area (Å²) in [5.41, 5.74) is 1.14. The number of piperidine rings is 1. The van der Waals surface area contributed by atoms with Crippen molar-refractivity contribution in [3.05, 3.63) is 48.0 Å². The molecule has 4 heteroatoms. The molecule has 0 bridgehead atoms. The van der Waals surface area contributed by atoms with Gasteiger partial charge in [-0.3, -0.25) is 9.59 Å². The van der Waals surface area contributed by atoms with Gasteiger partial charge in [-0.1, -0.05) is 56.3 Å². The van der Waals surface area contributed by atoms with Gasteiger partial charge in [-0.2, -0.15) is 0 Å². The van der Waals surface area contributed by atoms with Gasteiger partial charge in [0, 0.05) is 24.9 Å². The van der Waals surface area contributed by atoms with Crippen molar-refractivity contribution in [1.29, 1.82) is 0 Å². The van der Waals surface area contributed by atoms with Crippen LogP contribution in [0.5, 0.6) is 0 Å². The van der Waals surface area contributed by atoms with E-state index in [9.17, 15) is 9.59 Å². The molecule has 4 nitrogen and oxygen atoms in total. The molecule has 0 saturated carbocycles. The van der Waals surface area contributed by atoms with E-state index in [-0.39, 0.29) is 29.7 Å². The number of fused-ring (bicyclic) bond motifs is 1. The third kappa shape index (κ3) is 3.90. The predicted octanol–water partition coefficient (Wildman–Crippen LogP) is 3.91. The Labute approximate surface area is 155 Å². The molecule has 3 rings (SSSR count). The minimum Gasteiger partial charge on any atom is -0.349 e. The van der Waals surface area contributed by atoms with E-state index in [1.807, 2.05) is 43.9 Å². The minimum absolute atomic E-state index is 0.0105. The maximum Gasteiger partial charge on any atom is 0.225 e. The van der Waals surface area contributed by atoms with Crippen molar-refractivity contribution in [3.8, 4) is 0 Å². The van der Waals surface area contributed by atoms with Crippen LogP contribution in [-0.4, -0.2) is 29.8 Å². The van der Waals surface area contributed by atoms with Crippen LogP contribution in [0.25, 0.3) is 10.8 Å². The summed E-state index contributed by atoms with van der Waals surface area (Å²) in [5, 5.41) is 5.55. The number of nitrogens with one attached hydrogen (secondary N) is 1. The molecule has 26 heavy (non-hydrogen) atoms. The summed E-state index contributed by atoms with van der Waals surface area (Å²) in [6.45, 7) is 7.24. The Morgan fingerprint density at radius 2 is 1.65 bits per heavy atom. The standard InChI is InChI=1S/C22H28N2O2/c1-15(2)22(26)24-13-11-18(12-14-24)21(25)23-16(3)19-10-6-8-17-7-4-5-9-20(17)19/h4-10,15-16,18H,11-14H2,1-3H3,(H,23,25). The zero-order chi connectivity index (χ0) is 18.7. The van der Waals surface area contributed by atoms with E-state index in [0.717, 1.165) is 18.4 Å². The van der Waals surface area contributed by atoms with Crippen molar-refractivity contribution in [1.82, 2.24) is 10.2 Å². The van der Waals surface area contributed by atoms with Crippen LogP contribution in [-0.2, 0) is 9.59 Å². The molecule has 1 aliphatic heterocycles. The van der Waals surface area contributed by atoms with Gasteiger partial charge in [0.2, 0.25) is 11.8 Å². The SMILES string of the molecule is CC(C)C(=O)N1CCC(C(=O)NC(C)c2cccc3ccccc23)CC1. The van der Waals surface area contributed by atoms with E-state index in [4.69, 9.17) is 0 Å². The smallest absolute Gasteiger partial charge is 0.225 e. The number of carbonyl (C=O) groups excluding carboxylic acids is 2. The fraction of sp³-hybridized carbons (Fsp3) is 0.455. The zero-order valence-electron chi connectivity index (χ0n) is 15.9. The van der Waals surface area contributed by atoms with Gasteiger partial charge in [0.15, 0.2) is 0 Å². The fourth-order valence-corrected chi connectivity index (χ4v) is 3.76. The molecule has 0 spiro atoms. The average molecular weight is 352 g/mol. The van der Waals surface area contributed by atoms with Gasteiger partial charge in [0.05, 0.1) is 6.04 Å². The minimum atomic E-state index is -0.0380. The molecule has 1 saturated heterocycles. The average Bonchev–Trinajstić information content (AvgIpc) is 2.66. The Morgan fingerprint density at radius 3 is 2.35 bits per heavy atom. The van der Waals surface area contributed by atoms with E-state index >= 15 is 0 Å². The van der Waals surface area contributed by atoms with Crippen LogP contribution in [0.4, 0.5) is 0 Å². The Hall–Kier alpha value is -2.36. The molecule has 1 N–H and O–H groups in total. The Morgan fingerprint density at radius 1 is 1.00 bits per heavy atom. The number of rotatable bonds is 4. The van der Waals surface area contributed by atoms with Crippen molar-refractivity contribution >= 4 is 22.6 Å². The normalized spacial score (nSPS) is 16.7. The number of hydrogen-bond acceptors (Lipinski definition) is 2. The lowest BCUT2D eigenvalue weighted by atomic mass is 9.94. The summed E-state index contributed by atoms with van der Waals surface area (Å²) in [7, 11) is 0. The largest absolute Gasteiger partial charge is 0.349 e. The number of benzene rings is 2. The first-order chi connectivity index (χ1) is 12.5. The van der Waals surface area contributed by atoms with E-state index < -0.39 is 0 Å². The van der Waals surface area contributed by atoms with Gasteiger partial charge in [-0.15, -0.1) is 0 Å². The number of nitrogens with zero attached hydrogens (tertiary/aromatic N) is 1. The van der Waals surface area contributed by atoms with E-state index in [0.29, 0.717) is 13.1 Å². The first-order valence-corrected chi connectivity index (χ1v) is 9.54. The zero-order valence-corrected chi connectivity index (χ0v) is 15.9. The van der Waals surface area contributed by atoms with Gasteiger partial charge < -0.3 is 10.2 Å². The molecule has 0 aromatic heterocycles. The Bertz CT molecular complexity index is 786. The molecule has 1 atom stereocenters. The van der Waals surface area contributed by atoms with Crippen LogP contribution in [0.3, 0.4) is 0 Å². The van der Waals surface area contributed by atoms with Crippen molar-refractivity contribution in [2.45, 2.75) is 39.7 Å². The third-order valence-corrected chi connectivity index (χ3v) is 5.32. The van der Waals surface area contributed by atoms with Gasteiger partial charge in [0.1, 0.15) is 0 Å². The summed E-state index contributed by atoms with van der Waals surface area (Å²) in [6.07, 6.45) is 1.49. The van der Waals surface area contributed by atoms with Crippen LogP contribution in [0.1, 0.15) is 45.2 Å². The molecular weight excluding hydrogens is 324 g/mol. The maximum atomic E-state index is 12.7. The first-order valence-electron chi connectivity index (χ1n) is 9.54. The predicted molar refractivity (Wildman–Crippen MR) is 105 cm³/mol. The van der Waals surface area contributed by atoms with Gasteiger partial charge in [0.25, 0.3) is 0 Å². The van der Waals surface area contributed by atoms with Crippen molar-refractivity contribution in [2.75, 3.05) is 13.1 Å². The molecule has 2 amide bonds. The van der Waals surface area contributed by atoms with Gasteiger partial charge in [-0.25, -0.2) is 0 Å². The molecule has 1 heterocycles. The van der Waals surface area contributed by atoms with E-state index in [1.165, 1.54) is 10.8 Å². The lowest BCUT2D eigenvalue weighted by molar-refractivity contribution is -0.138. The second kappa shape index (κ2) is 7.90. The molecule has 0 aliphatic carbocycles. The highest BCUT2D eigenvalue weighted by molar-refractivity contribution is 5.87.